The van der Waals surface area contributed by atoms with Crippen LogP contribution in [0.4, 0.5) is 5.82 Å². The number of amides is 1. The summed E-state index contributed by atoms with van der Waals surface area (Å²) in [6, 6.07) is 3.66. The highest BCUT2D eigenvalue weighted by Crippen LogP contribution is 2.03. The third-order valence-electron chi connectivity index (χ3n) is 1.70. The van der Waals surface area contributed by atoms with Crippen LogP contribution in [0.25, 0.3) is 0 Å². The summed E-state index contributed by atoms with van der Waals surface area (Å²) in [5, 5.41) is 5.69. The number of hydrogen-bond donors (Lipinski definition) is 2. The molecule has 14 heavy (non-hydrogen) atoms. The van der Waals surface area contributed by atoms with Crippen LogP contribution in [0.1, 0.15) is 24.2 Å². The van der Waals surface area contributed by atoms with Crippen molar-refractivity contribution in [2.75, 3.05) is 12.4 Å². The smallest absolute Gasteiger partial charge is 0.253 e. The SMILES string of the molecule is CNc1ccc(C(=O)NC(C)C)cn1. The van der Waals surface area contributed by atoms with Crippen LogP contribution < -0.4 is 10.6 Å². The Balaban J connectivity index is 2.71. The van der Waals surface area contributed by atoms with Crippen molar-refractivity contribution in [1.82, 2.24) is 10.3 Å². The number of hydrogen-bond acceptors (Lipinski definition) is 3. The molecule has 1 rings (SSSR count). The van der Waals surface area contributed by atoms with E-state index in [4.69, 9.17) is 0 Å². The minimum atomic E-state index is -0.0878. The molecule has 0 aliphatic heterocycles. The molecule has 1 amide bonds. The summed E-state index contributed by atoms with van der Waals surface area (Å²) in [5.41, 5.74) is 0.581. The van der Waals surface area contributed by atoms with Crippen molar-refractivity contribution in [1.29, 1.82) is 0 Å². The van der Waals surface area contributed by atoms with Gasteiger partial charge in [-0.25, -0.2) is 4.98 Å². The van der Waals surface area contributed by atoms with E-state index >= 15 is 0 Å². The number of nitrogens with one attached hydrogen (secondary N) is 2. The predicted molar refractivity (Wildman–Crippen MR) is 56.4 cm³/mol. The molecule has 0 aromatic carbocycles. The van der Waals surface area contributed by atoms with Crippen molar-refractivity contribution < 1.29 is 4.79 Å². The molecule has 1 aromatic rings. The Hall–Kier alpha value is -1.58. The molecule has 0 aliphatic rings. The maximum absolute atomic E-state index is 11.5. The van der Waals surface area contributed by atoms with Crippen LogP contribution in [-0.4, -0.2) is 24.0 Å². The fourth-order valence-corrected chi connectivity index (χ4v) is 1.02. The van der Waals surface area contributed by atoms with Gasteiger partial charge >= 0.3 is 0 Å². The average Bonchev–Trinajstić information content (AvgIpc) is 2.17. The van der Waals surface area contributed by atoms with E-state index in [1.54, 1.807) is 25.4 Å². The van der Waals surface area contributed by atoms with E-state index in [9.17, 15) is 4.79 Å². The Morgan fingerprint density at radius 1 is 1.43 bits per heavy atom. The van der Waals surface area contributed by atoms with E-state index in [1.165, 1.54) is 0 Å². The second-order valence-electron chi connectivity index (χ2n) is 3.31. The van der Waals surface area contributed by atoms with E-state index in [-0.39, 0.29) is 11.9 Å². The Labute approximate surface area is 83.7 Å². The lowest BCUT2D eigenvalue weighted by atomic mass is 10.2. The highest BCUT2D eigenvalue weighted by atomic mass is 16.1. The first-order valence-corrected chi connectivity index (χ1v) is 4.58. The first-order valence-electron chi connectivity index (χ1n) is 4.58. The summed E-state index contributed by atoms with van der Waals surface area (Å²) < 4.78 is 0. The second-order valence-corrected chi connectivity index (χ2v) is 3.31. The summed E-state index contributed by atoms with van der Waals surface area (Å²) >= 11 is 0. The quantitative estimate of drug-likeness (QED) is 0.760. The zero-order chi connectivity index (χ0) is 10.6. The van der Waals surface area contributed by atoms with Crippen LogP contribution in [0.15, 0.2) is 18.3 Å². The van der Waals surface area contributed by atoms with E-state index in [0.717, 1.165) is 5.82 Å². The summed E-state index contributed by atoms with van der Waals surface area (Å²) in [6.07, 6.45) is 1.56. The van der Waals surface area contributed by atoms with E-state index < -0.39 is 0 Å². The number of pyridine rings is 1. The van der Waals surface area contributed by atoms with Crippen LogP contribution in [-0.2, 0) is 0 Å². The van der Waals surface area contributed by atoms with Crippen LogP contribution in [0.2, 0.25) is 0 Å². The summed E-state index contributed by atoms with van der Waals surface area (Å²) in [7, 11) is 1.79. The number of rotatable bonds is 3. The Morgan fingerprint density at radius 3 is 2.57 bits per heavy atom. The van der Waals surface area contributed by atoms with Gasteiger partial charge in [-0.3, -0.25) is 4.79 Å². The van der Waals surface area contributed by atoms with Gasteiger partial charge in [-0.2, -0.15) is 0 Å². The summed E-state index contributed by atoms with van der Waals surface area (Å²) in [6.45, 7) is 3.85. The van der Waals surface area contributed by atoms with Gasteiger partial charge in [0.1, 0.15) is 5.82 Å². The molecule has 0 fully saturated rings. The van der Waals surface area contributed by atoms with Crippen LogP contribution >= 0.6 is 0 Å². The largest absolute Gasteiger partial charge is 0.373 e. The molecular weight excluding hydrogens is 178 g/mol. The highest BCUT2D eigenvalue weighted by Gasteiger charge is 2.06. The summed E-state index contributed by atoms with van der Waals surface area (Å²) in [5.74, 6) is 0.668. The fourth-order valence-electron chi connectivity index (χ4n) is 1.02. The lowest BCUT2D eigenvalue weighted by Crippen LogP contribution is -2.30. The second kappa shape index (κ2) is 4.60. The Kier molecular flexibility index (Phi) is 3.45. The third kappa shape index (κ3) is 2.73. The molecule has 0 atom stereocenters. The normalized spacial score (nSPS) is 10.0. The first-order chi connectivity index (χ1) is 6.63. The van der Waals surface area contributed by atoms with Gasteiger partial charge in [0.15, 0.2) is 0 Å². The standard InChI is InChI=1S/C10H15N3O/c1-7(2)13-10(14)8-4-5-9(11-3)12-6-8/h4-7H,1-3H3,(H,11,12)(H,13,14). The molecule has 2 N–H and O–H groups in total. The number of anilines is 1. The lowest BCUT2D eigenvalue weighted by molar-refractivity contribution is 0.0943. The Morgan fingerprint density at radius 2 is 2.14 bits per heavy atom. The Bertz CT molecular complexity index is 306. The van der Waals surface area contributed by atoms with Gasteiger partial charge in [0.25, 0.3) is 5.91 Å². The minimum Gasteiger partial charge on any atom is -0.373 e. The molecule has 0 bridgehead atoms. The van der Waals surface area contributed by atoms with Gasteiger partial charge in [0.2, 0.25) is 0 Å². The topological polar surface area (TPSA) is 54.0 Å². The first kappa shape index (κ1) is 10.5. The minimum absolute atomic E-state index is 0.0878. The predicted octanol–water partition coefficient (Wildman–Crippen LogP) is 1.26. The molecule has 4 heteroatoms. The van der Waals surface area contributed by atoms with Gasteiger partial charge in [0, 0.05) is 19.3 Å². The van der Waals surface area contributed by atoms with Gasteiger partial charge in [-0.15, -0.1) is 0 Å². The third-order valence-corrected chi connectivity index (χ3v) is 1.70. The molecule has 0 radical (unpaired) electrons. The number of carbonyl (C=O) groups is 1. The van der Waals surface area contributed by atoms with Crippen molar-refractivity contribution in [3.8, 4) is 0 Å². The summed E-state index contributed by atoms with van der Waals surface area (Å²) in [4.78, 5) is 15.5. The van der Waals surface area contributed by atoms with Crippen molar-refractivity contribution in [2.45, 2.75) is 19.9 Å². The maximum atomic E-state index is 11.5. The number of carbonyl (C=O) groups excluding carboxylic acids is 1. The van der Waals surface area contributed by atoms with Crippen molar-refractivity contribution in [3.63, 3.8) is 0 Å². The van der Waals surface area contributed by atoms with E-state index in [1.807, 2.05) is 13.8 Å². The number of aromatic nitrogens is 1. The van der Waals surface area contributed by atoms with Crippen molar-refractivity contribution >= 4 is 11.7 Å². The van der Waals surface area contributed by atoms with Crippen molar-refractivity contribution in [3.05, 3.63) is 23.9 Å². The van der Waals surface area contributed by atoms with Gasteiger partial charge in [-0.1, -0.05) is 0 Å². The van der Waals surface area contributed by atoms with Crippen LogP contribution in [0.3, 0.4) is 0 Å². The van der Waals surface area contributed by atoms with Crippen molar-refractivity contribution in [2.24, 2.45) is 0 Å². The molecule has 0 unspecified atom stereocenters. The molecule has 4 nitrogen and oxygen atoms in total. The zero-order valence-electron chi connectivity index (χ0n) is 8.66. The van der Waals surface area contributed by atoms with E-state index in [2.05, 4.69) is 15.6 Å². The molecule has 1 heterocycles. The monoisotopic (exact) mass is 193 g/mol. The molecule has 0 aliphatic carbocycles. The van der Waals surface area contributed by atoms with Crippen LogP contribution in [0, 0.1) is 0 Å². The molecule has 0 spiro atoms. The molecule has 0 saturated heterocycles. The van der Waals surface area contributed by atoms with Gasteiger partial charge in [-0.05, 0) is 26.0 Å². The van der Waals surface area contributed by atoms with Crippen LogP contribution in [0.5, 0.6) is 0 Å². The molecule has 1 aromatic heterocycles. The zero-order valence-corrected chi connectivity index (χ0v) is 8.66. The highest BCUT2D eigenvalue weighted by molar-refractivity contribution is 5.94. The molecule has 76 valence electrons. The van der Waals surface area contributed by atoms with Gasteiger partial charge in [0.05, 0.1) is 5.56 Å². The average molecular weight is 193 g/mol. The fraction of sp³-hybridized carbons (Fsp3) is 0.400. The molecule has 0 saturated carbocycles. The molecular formula is C10H15N3O. The van der Waals surface area contributed by atoms with Gasteiger partial charge < -0.3 is 10.6 Å². The number of nitrogens with zero attached hydrogens (tertiary/aromatic N) is 1. The lowest BCUT2D eigenvalue weighted by Gasteiger charge is -2.08. The maximum Gasteiger partial charge on any atom is 0.253 e. The van der Waals surface area contributed by atoms with E-state index in [0.29, 0.717) is 5.56 Å².